The number of ether oxygens (including phenoxy) is 2. The van der Waals surface area contributed by atoms with Gasteiger partial charge in [0, 0.05) is 6.42 Å². The highest BCUT2D eigenvalue weighted by molar-refractivity contribution is 5.76. The van der Waals surface area contributed by atoms with Gasteiger partial charge in [-0.15, -0.1) is 0 Å². The molecule has 0 radical (unpaired) electrons. The van der Waals surface area contributed by atoms with Crippen LogP contribution in [-0.4, -0.2) is 87.5 Å². The fourth-order valence-corrected chi connectivity index (χ4v) is 10.7. The molecule has 466 valence electrons. The molecule has 9 nitrogen and oxygen atoms in total. The highest BCUT2D eigenvalue weighted by Crippen LogP contribution is 2.23. The van der Waals surface area contributed by atoms with Crippen LogP contribution in [0.5, 0.6) is 0 Å². The minimum absolute atomic E-state index is 0.172. The summed E-state index contributed by atoms with van der Waals surface area (Å²) >= 11 is 0. The Bertz CT molecular complexity index is 1490. The van der Waals surface area contributed by atoms with E-state index in [1.807, 2.05) is 6.08 Å². The van der Waals surface area contributed by atoms with Crippen molar-refractivity contribution in [3.63, 3.8) is 0 Å². The zero-order valence-electron chi connectivity index (χ0n) is 52.1. The summed E-state index contributed by atoms with van der Waals surface area (Å²) in [6.45, 7) is 3.70. The van der Waals surface area contributed by atoms with E-state index in [0.717, 1.165) is 70.6 Å². The molecule has 6 N–H and O–H groups in total. The third-order valence-electron chi connectivity index (χ3n) is 16.0. The number of amides is 1. The van der Waals surface area contributed by atoms with Crippen molar-refractivity contribution >= 4 is 5.91 Å². The smallest absolute Gasteiger partial charge is 0.220 e. The van der Waals surface area contributed by atoms with E-state index in [1.54, 1.807) is 6.08 Å². The second-order valence-corrected chi connectivity index (χ2v) is 23.6. The van der Waals surface area contributed by atoms with E-state index in [-0.39, 0.29) is 12.5 Å². The number of hydrogen-bond acceptors (Lipinski definition) is 8. The summed E-state index contributed by atoms with van der Waals surface area (Å²) < 4.78 is 11.3. The summed E-state index contributed by atoms with van der Waals surface area (Å²) in [5.74, 6) is -0.172. The van der Waals surface area contributed by atoms with Crippen molar-refractivity contribution in [2.24, 2.45) is 0 Å². The molecule has 1 amide bonds. The minimum atomic E-state index is -1.57. The normalized spacial score (nSPS) is 18.9. The summed E-state index contributed by atoms with van der Waals surface area (Å²) in [7, 11) is 0. The lowest BCUT2D eigenvalue weighted by Gasteiger charge is -2.40. The van der Waals surface area contributed by atoms with E-state index in [9.17, 15) is 30.3 Å². The zero-order valence-corrected chi connectivity index (χ0v) is 52.1. The highest BCUT2D eigenvalue weighted by atomic mass is 16.7. The number of unbranched alkanes of at least 4 members (excludes halogenated alkanes) is 39. The van der Waals surface area contributed by atoms with Crippen LogP contribution in [0.3, 0.4) is 0 Å². The third kappa shape index (κ3) is 48.0. The molecule has 1 fully saturated rings. The van der Waals surface area contributed by atoms with Gasteiger partial charge in [0.05, 0.1) is 25.4 Å². The second-order valence-electron chi connectivity index (χ2n) is 23.6. The molecule has 7 atom stereocenters. The van der Waals surface area contributed by atoms with Gasteiger partial charge in [0.2, 0.25) is 5.91 Å². The van der Waals surface area contributed by atoms with Crippen LogP contribution in [0, 0.1) is 0 Å². The molecule has 0 aromatic carbocycles. The molecule has 80 heavy (non-hydrogen) atoms. The van der Waals surface area contributed by atoms with Crippen molar-refractivity contribution < 1.29 is 39.8 Å². The van der Waals surface area contributed by atoms with Crippen LogP contribution in [0.15, 0.2) is 72.9 Å². The first-order valence-electron chi connectivity index (χ1n) is 34.2. The Labute approximate surface area is 493 Å². The molecule has 0 bridgehead atoms. The molecule has 0 saturated carbocycles. The first kappa shape index (κ1) is 75.6. The molecular formula is C71H129NO8. The van der Waals surface area contributed by atoms with Crippen LogP contribution in [0.2, 0.25) is 0 Å². The first-order chi connectivity index (χ1) is 39.3. The van der Waals surface area contributed by atoms with Crippen LogP contribution in [0.25, 0.3) is 0 Å². The Morgan fingerprint density at radius 3 is 1.15 bits per heavy atom. The maximum atomic E-state index is 13.1. The summed E-state index contributed by atoms with van der Waals surface area (Å²) in [6.07, 6.45) is 77.2. The topological polar surface area (TPSA) is 149 Å². The lowest BCUT2D eigenvalue weighted by atomic mass is 9.99. The fourth-order valence-electron chi connectivity index (χ4n) is 10.7. The van der Waals surface area contributed by atoms with Gasteiger partial charge in [0.25, 0.3) is 0 Å². The average molecular weight is 1120 g/mol. The molecule has 9 heteroatoms. The summed E-state index contributed by atoms with van der Waals surface area (Å²) in [5.41, 5.74) is 0. The van der Waals surface area contributed by atoms with Gasteiger partial charge >= 0.3 is 0 Å². The number of carbonyl (C=O) groups excluding carboxylic acids is 1. The minimum Gasteiger partial charge on any atom is -0.394 e. The van der Waals surface area contributed by atoms with Crippen LogP contribution < -0.4 is 5.32 Å². The molecular weight excluding hydrogens is 995 g/mol. The Kier molecular flexibility index (Phi) is 56.5. The maximum absolute atomic E-state index is 13.1. The van der Waals surface area contributed by atoms with Gasteiger partial charge in [-0.05, 0) is 64.2 Å². The molecule has 0 aliphatic carbocycles. The van der Waals surface area contributed by atoms with Crippen molar-refractivity contribution in [3.8, 4) is 0 Å². The predicted octanol–water partition coefficient (Wildman–Crippen LogP) is 18.4. The molecule has 1 saturated heterocycles. The van der Waals surface area contributed by atoms with Gasteiger partial charge in [-0.1, -0.05) is 318 Å². The van der Waals surface area contributed by atoms with Crippen LogP contribution >= 0.6 is 0 Å². The van der Waals surface area contributed by atoms with Gasteiger partial charge in [0.1, 0.15) is 24.4 Å². The molecule has 0 spiro atoms. The van der Waals surface area contributed by atoms with Crippen molar-refractivity contribution in [2.45, 2.75) is 358 Å². The Balaban J connectivity index is 2.09. The van der Waals surface area contributed by atoms with E-state index in [2.05, 4.69) is 79.9 Å². The largest absolute Gasteiger partial charge is 0.394 e. The van der Waals surface area contributed by atoms with Crippen molar-refractivity contribution in [1.82, 2.24) is 5.32 Å². The SMILES string of the molecule is CC/C=C\C/C=C\C/C=C\C/C=C\C/C=C\CCCCCCCCCCCCCCCCCCCCCCCC(=O)NC(COC1OC(CO)C(O)C(O)C1O)C(O)/C=C/CCCCCCCCCCCCCCCCCCCC. The molecule has 0 aromatic heterocycles. The highest BCUT2D eigenvalue weighted by Gasteiger charge is 2.44. The maximum Gasteiger partial charge on any atom is 0.220 e. The monoisotopic (exact) mass is 1120 g/mol. The lowest BCUT2D eigenvalue weighted by Crippen LogP contribution is -2.60. The van der Waals surface area contributed by atoms with Gasteiger partial charge in [0.15, 0.2) is 6.29 Å². The number of nitrogens with one attached hydrogen (secondary N) is 1. The number of aliphatic hydroxyl groups is 5. The number of rotatable bonds is 59. The van der Waals surface area contributed by atoms with Crippen molar-refractivity contribution in [2.75, 3.05) is 13.2 Å². The van der Waals surface area contributed by atoms with Crippen molar-refractivity contribution in [3.05, 3.63) is 72.9 Å². The van der Waals surface area contributed by atoms with E-state index in [4.69, 9.17) is 9.47 Å². The van der Waals surface area contributed by atoms with Gasteiger partial charge < -0.3 is 40.3 Å². The third-order valence-corrected chi connectivity index (χ3v) is 16.0. The molecule has 1 heterocycles. The molecule has 7 unspecified atom stereocenters. The predicted molar refractivity (Wildman–Crippen MR) is 341 cm³/mol. The van der Waals surface area contributed by atoms with Crippen molar-refractivity contribution in [1.29, 1.82) is 0 Å². The van der Waals surface area contributed by atoms with Crippen LogP contribution in [-0.2, 0) is 14.3 Å². The quantitative estimate of drug-likeness (QED) is 0.0261. The van der Waals surface area contributed by atoms with Crippen LogP contribution in [0.1, 0.15) is 316 Å². The molecule has 0 aromatic rings. The number of carbonyl (C=O) groups is 1. The molecule has 1 aliphatic rings. The zero-order chi connectivity index (χ0) is 57.9. The lowest BCUT2D eigenvalue weighted by molar-refractivity contribution is -0.302. The van der Waals surface area contributed by atoms with E-state index < -0.39 is 49.5 Å². The Morgan fingerprint density at radius 2 is 0.775 bits per heavy atom. The molecule has 1 rings (SSSR count). The van der Waals surface area contributed by atoms with Crippen LogP contribution in [0.4, 0.5) is 0 Å². The van der Waals surface area contributed by atoms with E-state index in [0.29, 0.717) is 6.42 Å². The van der Waals surface area contributed by atoms with E-state index >= 15 is 0 Å². The fraction of sp³-hybridized carbons (Fsp3) is 0.817. The second kappa shape index (κ2) is 59.8. The molecule has 1 aliphatic heterocycles. The first-order valence-corrected chi connectivity index (χ1v) is 34.2. The standard InChI is InChI=1S/C71H129NO8/c1-3-5-7-9-11-13-15-17-19-21-23-25-26-27-28-29-30-31-32-33-34-35-36-37-38-39-40-41-43-45-47-49-51-53-55-57-59-61-67(75)72-64(63-79-71-70(78)69(77)68(76)66(62-73)80-71)65(74)60-58-56-54-52-50-48-46-44-42-24-22-20-18-16-14-12-10-8-6-4-2/h5,7,11,13,17,19,23,25,27-28,58,60,64-66,68-71,73-74,76-78H,3-4,6,8-10,12,14-16,18,20-22,24,26,29-57,59,61-63H2,1-2H3,(H,72,75)/b7-5-,13-11-,19-17-,25-23-,28-27-,60-58+. The van der Waals surface area contributed by atoms with Gasteiger partial charge in [-0.2, -0.15) is 0 Å². The number of allylic oxidation sites excluding steroid dienone is 11. The summed E-state index contributed by atoms with van der Waals surface area (Å²) in [5, 5.41) is 54.7. The average Bonchev–Trinajstić information content (AvgIpc) is 3.46. The van der Waals surface area contributed by atoms with Gasteiger partial charge in [-0.3, -0.25) is 4.79 Å². The summed E-state index contributed by atoms with van der Waals surface area (Å²) in [6, 6.07) is -0.806. The van der Waals surface area contributed by atoms with E-state index in [1.165, 1.54) is 225 Å². The van der Waals surface area contributed by atoms with Gasteiger partial charge in [-0.25, -0.2) is 0 Å². The Hall–Kier alpha value is -2.37. The summed E-state index contributed by atoms with van der Waals surface area (Å²) in [4.78, 5) is 13.1. The number of hydrogen-bond donors (Lipinski definition) is 6. The Morgan fingerprint density at radius 1 is 0.438 bits per heavy atom. The number of aliphatic hydroxyl groups excluding tert-OH is 5.